The lowest BCUT2D eigenvalue weighted by Gasteiger charge is -2.24. The van der Waals surface area contributed by atoms with Crippen LogP contribution in [0.3, 0.4) is 0 Å². The Morgan fingerprint density at radius 3 is 2.23 bits per heavy atom. The van der Waals surface area contributed by atoms with Crippen molar-refractivity contribution in [3.8, 4) is 0 Å². The second-order valence-corrected chi connectivity index (χ2v) is 5.20. The van der Waals surface area contributed by atoms with Gasteiger partial charge in [0.15, 0.2) is 0 Å². The molecule has 0 aliphatic heterocycles. The van der Waals surface area contributed by atoms with E-state index in [4.69, 9.17) is 0 Å². The van der Waals surface area contributed by atoms with Crippen molar-refractivity contribution in [2.45, 2.75) is 53.6 Å². The van der Waals surface area contributed by atoms with Gasteiger partial charge >= 0.3 is 0 Å². The van der Waals surface area contributed by atoms with Crippen LogP contribution in [0.25, 0.3) is 0 Å². The molecule has 0 fully saturated rings. The van der Waals surface area contributed by atoms with E-state index in [2.05, 4.69) is 27.7 Å². The van der Waals surface area contributed by atoms with Crippen molar-refractivity contribution < 1.29 is 5.11 Å². The molecule has 0 saturated heterocycles. The molecule has 2 atom stereocenters. The van der Waals surface area contributed by atoms with Gasteiger partial charge < -0.3 is 5.11 Å². The van der Waals surface area contributed by atoms with Crippen LogP contribution in [0.5, 0.6) is 0 Å². The van der Waals surface area contributed by atoms with Crippen molar-refractivity contribution in [2.75, 3.05) is 0 Å². The first-order valence-electron chi connectivity index (χ1n) is 5.16. The fourth-order valence-corrected chi connectivity index (χ4v) is 1.84. The van der Waals surface area contributed by atoms with Gasteiger partial charge in [-0.1, -0.05) is 39.8 Å². The van der Waals surface area contributed by atoms with E-state index in [-0.39, 0.29) is 6.10 Å². The number of allylic oxidation sites excluding steroid dienone is 1. The van der Waals surface area contributed by atoms with Crippen molar-refractivity contribution in [1.82, 2.24) is 0 Å². The van der Waals surface area contributed by atoms with Crippen LogP contribution in [0.15, 0.2) is 12.2 Å². The van der Waals surface area contributed by atoms with Crippen LogP contribution in [0.2, 0.25) is 0 Å². The zero-order chi connectivity index (χ0) is 10.5. The molecular weight excluding hydrogens is 160 g/mol. The van der Waals surface area contributed by atoms with E-state index >= 15 is 0 Å². The van der Waals surface area contributed by atoms with E-state index in [0.29, 0.717) is 11.3 Å². The van der Waals surface area contributed by atoms with Crippen LogP contribution in [0.4, 0.5) is 0 Å². The van der Waals surface area contributed by atoms with E-state index < -0.39 is 0 Å². The smallest absolute Gasteiger partial charge is 0.0723 e. The number of hydrogen-bond donors (Lipinski definition) is 1. The molecule has 0 aliphatic carbocycles. The molecule has 0 amide bonds. The van der Waals surface area contributed by atoms with Gasteiger partial charge in [-0.3, -0.25) is 0 Å². The predicted octanol–water partition coefficient (Wildman–Crippen LogP) is 3.39. The van der Waals surface area contributed by atoms with Crippen molar-refractivity contribution in [3.05, 3.63) is 12.2 Å². The molecule has 1 N–H and O–H groups in total. The first-order chi connectivity index (χ1) is 5.85. The zero-order valence-electron chi connectivity index (χ0n) is 9.67. The molecule has 1 heteroatoms. The predicted molar refractivity (Wildman–Crippen MR) is 58.7 cm³/mol. The van der Waals surface area contributed by atoms with Gasteiger partial charge in [0, 0.05) is 0 Å². The molecule has 2 unspecified atom stereocenters. The van der Waals surface area contributed by atoms with Crippen LogP contribution in [0, 0.1) is 11.3 Å². The summed E-state index contributed by atoms with van der Waals surface area (Å²) in [5.74, 6) is 0.589. The monoisotopic (exact) mass is 184 g/mol. The highest BCUT2D eigenvalue weighted by molar-refractivity contribution is 4.86. The fraction of sp³-hybridized carbons (Fsp3) is 0.833. The second-order valence-electron chi connectivity index (χ2n) is 5.20. The Morgan fingerprint density at radius 2 is 1.85 bits per heavy atom. The van der Waals surface area contributed by atoms with Gasteiger partial charge in [0.05, 0.1) is 6.10 Å². The van der Waals surface area contributed by atoms with E-state index in [0.717, 1.165) is 6.42 Å². The third-order valence-electron chi connectivity index (χ3n) is 2.02. The van der Waals surface area contributed by atoms with Crippen LogP contribution >= 0.6 is 0 Å². The molecule has 0 heterocycles. The van der Waals surface area contributed by atoms with E-state index in [1.165, 1.54) is 6.42 Å². The highest BCUT2D eigenvalue weighted by atomic mass is 16.3. The molecule has 0 aromatic rings. The summed E-state index contributed by atoms with van der Waals surface area (Å²) in [5.41, 5.74) is 0.370. The van der Waals surface area contributed by atoms with Gasteiger partial charge in [0.1, 0.15) is 0 Å². The second kappa shape index (κ2) is 5.43. The standard InChI is InChI=1S/C12H24O/c1-6-7-11(13)8-10(2)9-12(3,4)5/h6-7,10-11,13H,8-9H2,1-5H3. The lowest BCUT2D eigenvalue weighted by atomic mass is 9.83. The Kier molecular flexibility index (Phi) is 5.31. The Balaban J connectivity index is 3.80. The average molecular weight is 184 g/mol. The van der Waals surface area contributed by atoms with Gasteiger partial charge in [0.2, 0.25) is 0 Å². The molecular formula is C12H24O. The van der Waals surface area contributed by atoms with Crippen LogP contribution in [-0.4, -0.2) is 11.2 Å². The van der Waals surface area contributed by atoms with Crippen LogP contribution in [0.1, 0.15) is 47.5 Å². The summed E-state index contributed by atoms with van der Waals surface area (Å²) < 4.78 is 0. The summed E-state index contributed by atoms with van der Waals surface area (Å²) in [6.45, 7) is 10.9. The Bertz CT molecular complexity index is 153. The third kappa shape index (κ3) is 8.04. The Hall–Kier alpha value is -0.300. The minimum absolute atomic E-state index is 0.262. The summed E-state index contributed by atoms with van der Waals surface area (Å²) in [6, 6.07) is 0. The first kappa shape index (κ1) is 12.7. The zero-order valence-corrected chi connectivity index (χ0v) is 9.67. The van der Waals surface area contributed by atoms with E-state index in [9.17, 15) is 5.11 Å². The largest absolute Gasteiger partial charge is 0.389 e. The molecule has 0 rings (SSSR count). The quantitative estimate of drug-likeness (QED) is 0.664. The lowest BCUT2D eigenvalue weighted by Crippen LogP contribution is -2.15. The third-order valence-corrected chi connectivity index (χ3v) is 2.02. The number of rotatable bonds is 4. The minimum Gasteiger partial charge on any atom is -0.389 e. The maximum Gasteiger partial charge on any atom is 0.0723 e. The average Bonchev–Trinajstić information content (AvgIpc) is 1.81. The number of aliphatic hydroxyl groups excluding tert-OH is 1. The minimum atomic E-state index is -0.262. The SMILES string of the molecule is CC=CC(O)CC(C)CC(C)(C)C. The fourth-order valence-electron chi connectivity index (χ4n) is 1.84. The molecule has 0 aromatic carbocycles. The summed E-state index contributed by atoms with van der Waals surface area (Å²) >= 11 is 0. The van der Waals surface area contributed by atoms with Gasteiger partial charge in [-0.25, -0.2) is 0 Å². The molecule has 78 valence electrons. The van der Waals surface area contributed by atoms with Crippen LogP contribution < -0.4 is 0 Å². The first-order valence-corrected chi connectivity index (χ1v) is 5.16. The van der Waals surface area contributed by atoms with Gasteiger partial charge in [-0.2, -0.15) is 0 Å². The number of aliphatic hydroxyl groups is 1. The Morgan fingerprint density at radius 1 is 1.31 bits per heavy atom. The molecule has 0 bridgehead atoms. The van der Waals surface area contributed by atoms with Crippen molar-refractivity contribution in [3.63, 3.8) is 0 Å². The van der Waals surface area contributed by atoms with Crippen molar-refractivity contribution in [1.29, 1.82) is 0 Å². The topological polar surface area (TPSA) is 20.2 Å². The molecule has 0 aliphatic rings. The summed E-state index contributed by atoms with van der Waals surface area (Å²) in [6.07, 6.45) is 5.55. The van der Waals surface area contributed by atoms with Gasteiger partial charge in [-0.15, -0.1) is 0 Å². The van der Waals surface area contributed by atoms with E-state index in [1.54, 1.807) is 0 Å². The maximum atomic E-state index is 9.53. The van der Waals surface area contributed by atoms with Crippen molar-refractivity contribution in [2.24, 2.45) is 11.3 Å². The summed E-state index contributed by atoms with van der Waals surface area (Å²) in [4.78, 5) is 0. The highest BCUT2D eigenvalue weighted by Gasteiger charge is 2.16. The summed E-state index contributed by atoms with van der Waals surface area (Å²) in [7, 11) is 0. The number of hydrogen-bond acceptors (Lipinski definition) is 1. The van der Waals surface area contributed by atoms with Gasteiger partial charge in [0.25, 0.3) is 0 Å². The molecule has 0 radical (unpaired) electrons. The Labute approximate surface area is 82.9 Å². The molecule has 0 saturated carbocycles. The van der Waals surface area contributed by atoms with E-state index in [1.807, 2.05) is 19.1 Å². The normalized spacial score (nSPS) is 17.7. The molecule has 0 aromatic heterocycles. The maximum absolute atomic E-state index is 9.53. The van der Waals surface area contributed by atoms with Gasteiger partial charge in [-0.05, 0) is 31.1 Å². The molecule has 13 heavy (non-hydrogen) atoms. The van der Waals surface area contributed by atoms with Crippen LogP contribution in [-0.2, 0) is 0 Å². The molecule has 0 spiro atoms. The molecule has 1 nitrogen and oxygen atoms in total. The lowest BCUT2D eigenvalue weighted by molar-refractivity contribution is 0.172. The van der Waals surface area contributed by atoms with Crippen molar-refractivity contribution >= 4 is 0 Å². The highest BCUT2D eigenvalue weighted by Crippen LogP contribution is 2.26. The summed E-state index contributed by atoms with van der Waals surface area (Å²) in [5, 5.41) is 9.53.